The van der Waals surface area contributed by atoms with Gasteiger partial charge < -0.3 is 24.6 Å². The maximum Gasteiger partial charge on any atom is 0.267 e. The Labute approximate surface area is 211 Å². The number of hydrogen-bond donors (Lipinski definition) is 1. The topological polar surface area (TPSA) is 91.4 Å². The van der Waals surface area contributed by atoms with Crippen LogP contribution >= 0.6 is 0 Å². The van der Waals surface area contributed by atoms with Crippen molar-refractivity contribution < 1.29 is 23.9 Å². The Morgan fingerprint density at radius 2 is 1.69 bits per heavy atom. The third kappa shape index (κ3) is 5.79. The van der Waals surface area contributed by atoms with E-state index < -0.39 is 12.1 Å². The van der Waals surface area contributed by atoms with E-state index in [-0.39, 0.29) is 30.9 Å². The summed E-state index contributed by atoms with van der Waals surface area (Å²) in [6.07, 6.45) is 0.136. The number of ether oxygens (including phenoxy) is 2. The molecule has 2 unspecified atom stereocenters. The van der Waals surface area contributed by atoms with Crippen molar-refractivity contribution >= 4 is 23.4 Å². The number of nitrogens with zero attached hydrogens (tertiary/aromatic N) is 3. The summed E-state index contributed by atoms with van der Waals surface area (Å²) >= 11 is 0. The van der Waals surface area contributed by atoms with Crippen molar-refractivity contribution in [2.45, 2.75) is 32.4 Å². The predicted octanol–water partition coefficient (Wildman–Crippen LogP) is 2.02. The molecule has 3 amide bonds. The molecule has 0 bridgehead atoms. The number of amides is 3. The van der Waals surface area contributed by atoms with Crippen LogP contribution < -0.4 is 14.8 Å². The lowest BCUT2D eigenvalue weighted by Crippen LogP contribution is -2.58. The van der Waals surface area contributed by atoms with E-state index in [4.69, 9.17) is 9.47 Å². The number of piperazine rings is 1. The van der Waals surface area contributed by atoms with Gasteiger partial charge in [0.25, 0.3) is 5.91 Å². The van der Waals surface area contributed by atoms with E-state index >= 15 is 0 Å². The quantitative estimate of drug-likeness (QED) is 0.633. The minimum absolute atomic E-state index is 0.0276. The summed E-state index contributed by atoms with van der Waals surface area (Å²) in [6.45, 7) is 6.15. The lowest BCUT2D eigenvalue weighted by Gasteiger charge is -2.39. The highest BCUT2D eigenvalue weighted by atomic mass is 16.6. The fraction of sp³-hybridized carbons (Fsp3) is 0.444. The first-order valence-electron chi connectivity index (χ1n) is 12.4. The molecular weight excluding hydrogens is 460 g/mol. The zero-order chi connectivity index (χ0) is 25.7. The van der Waals surface area contributed by atoms with Crippen LogP contribution in [0.25, 0.3) is 0 Å². The van der Waals surface area contributed by atoms with Crippen molar-refractivity contribution in [3.05, 3.63) is 54.1 Å². The number of likely N-dealkylation sites (N-methyl/N-ethyl adjacent to an activating group) is 1. The van der Waals surface area contributed by atoms with Crippen molar-refractivity contribution in [3.8, 4) is 11.5 Å². The molecule has 0 aromatic heterocycles. The molecule has 2 aliphatic heterocycles. The Morgan fingerprint density at radius 1 is 1.03 bits per heavy atom. The average molecular weight is 495 g/mol. The van der Waals surface area contributed by atoms with E-state index in [0.29, 0.717) is 37.7 Å². The van der Waals surface area contributed by atoms with Gasteiger partial charge in [-0.25, -0.2) is 0 Å². The van der Waals surface area contributed by atoms with Gasteiger partial charge in [0, 0.05) is 38.9 Å². The summed E-state index contributed by atoms with van der Waals surface area (Å²) < 4.78 is 11.5. The number of rotatable bonds is 7. The second-order valence-electron chi connectivity index (χ2n) is 9.15. The number of hydrogen-bond acceptors (Lipinski definition) is 6. The van der Waals surface area contributed by atoms with Crippen molar-refractivity contribution in [1.29, 1.82) is 0 Å². The van der Waals surface area contributed by atoms with Gasteiger partial charge >= 0.3 is 0 Å². The molecule has 0 aliphatic carbocycles. The Balaban J connectivity index is 1.25. The highest BCUT2D eigenvalue weighted by Gasteiger charge is 2.34. The monoisotopic (exact) mass is 494 g/mol. The van der Waals surface area contributed by atoms with Gasteiger partial charge in [-0.05, 0) is 37.1 Å². The smallest absolute Gasteiger partial charge is 0.267 e. The third-order valence-electron chi connectivity index (χ3n) is 6.74. The molecule has 2 atom stereocenters. The summed E-state index contributed by atoms with van der Waals surface area (Å²) in [4.78, 5) is 43.8. The molecule has 0 spiro atoms. The molecule has 36 heavy (non-hydrogen) atoms. The van der Waals surface area contributed by atoms with Crippen LogP contribution in [0.4, 0.5) is 5.69 Å². The van der Waals surface area contributed by atoms with Crippen LogP contribution in [0.5, 0.6) is 11.5 Å². The first-order valence-corrected chi connectivity index (χ1v) is 12.4. The summed E-state index contributed by atoms with van der Waals surface area (Å²) in [6, 6.07) is 14.6. The van der Waals surface area contributed by atoms with Gasteiger partial charge in [-0.2, -0.15) is 0 Å². The SMILES string of the molecule is CCc1ccccc1NC(=O)CN(C)C(=O)C(C)N1CCN(C(=O)C2COc3ccccc3O2)CC1. The highest BCUT2D eigenvalue weighted by Crippen LogP contribution is 2.31. The number of para-hydroxylation sites is 3. The van der Waals surface area contributed by atoms with E-state index in [1.54, 1.807) is 18.0 Å². The Kier molecular flexibility index (Phi) is 8.10. The van der Waals surface area contributed by atoms with E-state index in [0.717, 1.165) is 17.7 Å². The highest BCUT2D eigenvalue weighted by molar-refractivity contribution is 5.95. The number of carbonyl (C=O) groups is 3. The number of anilines is 1. The van der Waals surface area contributed by atoms with Gasteiger partial charge in [0.05, 0.1) is 12.6 Å². The molecule has 2 aromatic carbocycles. The molecule has 0 saturated carbocycles. The Hall–Kier alpha value is -3.59. The van der Waals surface area contributed by atoms with Crippen molar-refractivity contribution in [2.75, 3.05) is 51.7 Å². The molecule has 0 radical (unpaired) electrons. The number of carbonyl (C=O) groups excluding carboxylic acids is 3. The normalized spacial score (nSPS) is 18.3. The summed E-state index contributed by atoms with van der Waals surface area (Å²) in [7, 11) is 1.64. The van der Waals surface area contributed by atoms with Gasteiger partial charge in [-0.15, -0.1) is 0 Å². The zero-order valence-corrected chi connectivity index (χ0v) is 21.1. The van der Waals surface area contributed by atoms with Gasteiger partial charge in [-0.3, -0.25) is 19.3 Å². The fourth-order valence-corrected chi connectivity index (χ4v) is 4.58. The van der Waals surface area contributed by atoms with Crippen LogP contribution in [0.2, 0.25) is 0 Å². The minimum Gasteiger partial charge on any atom is -0.485 e. The van der Waals surface area contributed by atoms with Crippen LogP contribution in [0.15, 0.2) is 48.5 Å². The van der Waals surface area contributed by atoms with Gasteiger partial charge in [0.2, 0.25) is 17.9 Å². The zero-order valence-electron chi connectivity index (χ0n) is 21.1. The molecule has 2 heterocycles. The van der Waals surface area contributed by atoms with Crippen molar-refractivity contribution in [3.63, 3.8) is 0 Å². The molecule has 1 N–H and O–H groups in total. The van der Waals surface area contributed by atoms with Gasteiger partial charge in [-0.1, -0.05) is 37.3 Å². The van der Waals surface area contributed by atoms with E-state index in [1.807, 2.05) is 61.2 Å². The van der Waals surface area contributed by atoms with Crippen LogP contribution in [0.1, 0.15) is 19.4 Å². The van der Waals surface area contributed by atoms with Crippen LogP contribution in [0.3, 0.4) is 0 Å². The maximum absolute atomic E-state index is 13.0. The lowest BCUT2D eigenvalue weighted by molar-refractivity contribution is -0.144. The molecular formula is C27H34N4O5. The van der Waals surface area contributed by atoms with Crippen LogP contribution in [0, 0.1) is 0 Å². The molecule has 1 fully saturated rings. The first-order chi connectivity index (χ1) is 17.4. The molecule has 4 rings (SSSR count). The summed E-state index contributed by atoms with van der Waals surface area (Å²) in [5.74, 6) is 0.750. The second-order valence-corrected chi connectivity index (χ2v) is 9.15. The van der Waals surface area contributed by atoms with Crippen LogP contribution in [-0.2, 0) is 20.8 Å². The maximum atomic E-state index is 13.0. The van der Waals surface area contributed by atoms with Gasteiger partial charge in [0.15, 0.2) is 11.5 Å². The molecule has 2 aromatic rings. The van der Waals surface area contributed by atoms with Crippen molar-refractivity contribution in [1.82, 2.24) is 14.7 Å². The Bertz CT molecular complexity index is 1100. The largest absolute Gasteiger partial charge is 0.485 e. The standard InChI is InChI=1S/C27H34N4O5/c1-4-20-9-5-6-10-21(20)28-25(32)17-29(3)26(33)19(2)30-13-15-31(16-14-30)27(34)24-18-35-22-11-7-8-12-23(22)36-24/h5-12,19,24H,4,13-18H2,1-3H3,(H,28,32). The third-order valence-corrected chi connectivity index (χ3v) is 6.74. The number of aryl methyl sites for hydroxylation is 1. The first kappa shape index (κ1) is 25.5. The molecule has 9 nitrogen and oxygen atoms in total. The number of benzene rings is 2. The molecule has 2 aliphatic rings. The predicted molar refractivity (Wildman–Crippen MR) is 136 cm³/mol. The molecule has 1 saturated heterocycles. The van der Waals surface area contributed by atoms with Crippen molar-refractivity contribution in [2.24, 2.45) is 0 Å². The second kappa shape index (κ2) is 11.4. The number of fused-ring (bicyclic) bond motifs is 1. The van der Waals surface area contributed by atoms with E-state index in [1.165, 1.54) is 4.90 Å². The number of nitrogens with one attached hydrogen (secondary N) is 1. The Morgan fingerprint density at radius 3 is 2.42 bits per heavy atom. The molecule has 9 heteroatoms. The minimum atomic E-state index is -0.673. The summed E-state index contributed by atoms with van der Waals surface area (Å²) in [5.41, 5.74) is 1.82. The lowest BCUT2D eigenvalue weighted by atomic mass is 10.1. The molecule has 192 valence electrons. The summed E-state index contributed by atoms with van der Waals surface area (Å²) in [5, 5.41) is 2.91. The van der Waals surface area contributed by atoms with E-state index in [2.05, 4.69) is 5.32 Å². The fourth-order valence-electron chi connectivity index (χ4n) is 4.58. The average Bonchev–Trinajstić information content (AvgIpc) is 2.91. The van der Waals surface area contributed by atoms with E-state index in [9.17, 15) is 14.4 Å². The van der Waals surface area contributed by atoms with Gasteiger partial charge in [0.1, 0.15) is 6.61 Å². The van der Waals surface area contributed by atoms with Crippen LogP contribution in [-0.4, -0.2) is 90.9 Å².